The summed E-state index contributed by atoms with van der Waals surface area (Å²) in [6.07, 6.45) is 0.595. The Morgan fingerprint density at radius 3 is 2.81 bits per heavy atom. The van der Waals surface area contributed by atoms with Crippen molar-refractivity contribution in [1.29, 1.82) is 0 Å². The summed E-state index contributed by atoms with van der Waals surface area (Å²) in [6.45, 7) is 4.21. The average Bonchev–Trinajstić information content (AvgIpc) is 2.77. The highest BCUT2D eigenvalue weighted by Crippen LogP contribution is 2.49. The lowest BCUT2D eigenvalue weighted by atomic mass is 10.1. The van der Waals surface area contributed by atoms with E-state index in [2.05, 4.69) is 10.6 Å². The monoisotopic (exact) mass is 463 g/mol. The Labute approximate surface area is 192 Å². The topological polar surface area (TPSA) is 79.9 Å². The van der Waals surface area contributed by atoms with Crippen LogP contribution in [0.1, 0.15) is 19.8 Å². The van der Waals surface area contributed by atoms with E-state index in [0.717, 1.165) is 27.7 Å². The molecular weight excluding hydrogens is 438 g/mol. The number of hydrogen-bond donors (Lipinski definition) is 2. The van der Waals surface area contributed by atoms with Crippen molar-refractivity contribution >= 4 is 53.2 Å². The zero-order valence-electron chi connectivity index (χ0n) is 17.3. The predicted octanol–water partition coefficient (Wildman–Crippen LogP) is 4.57. The van der Waals surface area contributed by atoms with Gasteiger partial charge in [0.25, 0.3) is 0 Å². The molecule has 1 unspecified atom stereocenters. The summed E-state index contributed by atoms with van der Waals surface area (Å²) in [6, 6.07) is 13.6. The number of halogens is 1. The molecule has 7 nitrogen and oxygen atoms in total. The van der Waals surface area contributed by atoms with Crippen LogP contribution in [0, 0.1) is 0 Å². The Kier molecular flexibility index (Phi) is 8.20. The lowest BCUT2D eigenvalue weighted by Crippen LogP contribution is -2.42. The van der Waals surface area contributed by atoms with Gasteiger partial charge in [-0.2, -0.15) is 0 Å². The van der Waals surface area contributed by atoms with Gasteiger partial charge in [-0.1, -0.05) is 23.9 Å². The third-order valence-electron chi connectivity index (χ3n) is 5.00. The van der Waals surface area contributed by atoms with Crippen LogP contribution in [0.3, 0.4) is 0 Å². The number of nitrogens with zero attached hydrogens (tertiary/aromatic N) is 1. The summed E-state index contributed by atoms with van der Waals surface area (Å²) in [5, 5.41) is 6.12. The van der Waals surface area contributed by atoms with E-state index in [0.29, 0.717) is 38.3 Å². The first kappa shape index (κ1) is 23.4. The van der Waals surface area contributed by atoms with Crippen molar-refractivity contribution < 1.29 is 19.1 Å². The molecule has 0 aromatic heterocycles. The van der Waals surface area contributed by atoms with Crippen LogP contribution in [-0.2, 0) is 14.3 Å². The van der Waals surface area contributed by atoms with Crippen LogP contribution in [0.2, 0.25) is 0 Å². The highest BCUT2D eigenvalue weighted by atomic mass is 35.5. The van der Waals surface area contributed by atoms with E-state index in [4.69, 9.17) is 9.47 Å². The molecule has 1 atom stereocenters. The van der Waals surface area contributed by atoms with E-state index in [-0.39, 0.29) is 24.4 Å². The molecule has 2 N–H and O–H groups in total. The molecule has 0 spiro atoms. The highest BCUT2D eigenvalue weighted by molar-refractivity contribution is 7.99. The first-order valence-electron chi connectivity index (χ1n) is 10.1. The van der Waals surface area contributed by atoms with Gasteiger partial charge in [0.1, 0.15) is 0 Å². The second-order valence-corrected chi connectivity index (χ2v) is 8.18. The summed E-state index contributed by atoms with van der Waals surface area (Å²) in [7, 11) is 0. The van der Waals surface area contributed by atoms with E-state index in [1.165, 1.54) is 0 Å². The number of para-hydroxylation sites is 1. The van der Waals surface area contributed by atoms with Crippen molar-refractivity contribution in [2.24, 2.45) is 0 Å². The van der Waals surface area contributed by atoms with E-state index >= 15 is 0 Å². The SMILES string of the molecule is CCOC(=O)Nc1ccc2c(c1)N(C(=O)CCC1COCCN1)c1ccccc1S2.Cl. The fourth-order valence-electron chi connectivity index (χ4n) is 3.60. The fourth-order valence-corrected chi connectivity index (χ4v) is 4.64. The molecule has 2 amide bonds. The number of anilines is 3. The number of rotatable bonds is 5. The van der Waals surface area contributed by atoms with Gasteiger partial charge in [0.2, 0.25) is 5.91 Å². The summed E-state index contributed by atoms with van der Waals surface area (Å²) < 4.78 is 10.5. The van der Waals surface area contributed by atoms with Crippen LogP contribution >= 0.6 is 24.2 Å². The first-order valence-corrected chi connectivity index (χ1v) is 11.0. The minimum Gasteiger partial charge on any atom is -0.450 e. The van der Waals surface area contributed by atoms with Crippen molar-refractivity contribution in [2.75, 3.05) is 36.6 Å². The number of morpholine rings is 1. The standard InChI is InChI=1S/C22H25N3O4S.ClH/c1-2-29-22(27)24-15-7-9-20-18(13-15)25(17-5-3-4-6-19(17)30-20)21(26)10-8-16-14-28-12-11-23-16;/h3-7,9,13,16,23H,2,8,10-12,14H2,1H3,(H,24,27);1H. The lowest BCUT2D eigenvalue weighted by molar-refractivity contribution is -0.118. The molecule has 4 rings (SSSR count). The molecule has 1 saturated heterocycles. The molecule has 2 aliphatic rings. The van der Waals surface area contributed by atoms with Gasteiger partial charge in [-0.05, 0) is 43.7 Å². The second kappa shape index (κ2) is 10.9. The minimum absolute atomic E-state index is 0. The van der Waals surface area contributed by atoms with Crippen molar-refractivity contribution in [3.8, 4) is 0 Å². The van der Waals surface area contributed by atoms with Crippen molar-refractivity contribution in [3.05, 3.63) is 42.5 Å². The van der Waals surface area contributed by atoms with Gasteiger partial charge in [0.15, 0.2) is 0 Å². The number of nitrogens with one attached hydrogen (secondary N) is 2. The van der Waals surface area contributed by atoms with Crippen LogP contribution in [-0.4, -0.2) is 44.4 Å². The average molecular weight is 464 g/mol. The molecule has 31 heavy (non-hydrogen) atoms. The van der Waals surface area contributed by atoms with Gasteiger partial charge in [0.05, 0.1) is 31.2 Å². The highest BCUT2D eigenvalue weighted by Gasteiger charge is 2.29. The van der Waals surface area contributed by atoms with Crippen LogP contribution in [0.4, 0.5) is 21.9 Å². The van der Waals surface area contributed by atoms with Gasteiger partial charge < -0.3 is 14.8 Å². The van der Waals surface area contributed by atoms with Gasteiger partial charge in [-0.3, -0.25) is 15.0 Å². The second-order valence-electron chi connectivity index (χ2n) is 7.09. The molecule has 166 valence electrons. The van der Waals surface area contributed by atoms with Gasteiger partial charge in [-0.25, -0.2) is 4.79 Å². The number of hydrogen-bond acceptors (Lipinski definition) is 6. The minimum atomic E-state index is -0.512. The molecule has 0 bridgehead atoms. The molecule has 0 radical (unpaired) electrons. The number of carbonyl (C=O) groups is 2. The van der Waals surface area contributed by atoms with E-state index < -0.39 is 6.09 Å². The molecule has 0 saturated carbocycles. The van der Waals surface area contributed by atoms with Gasteiger partial charge in [0, 0.05) is 34.5 Å². The molecule has 0 aliphatic carbocycles. The third-order valence-corrected chi connectivity index (χ3v) is 6.13. The van der Waals surface area contributed by atoms with Gasteiger partial charge >= 0.3 is 6.09 Å². The summed E-state index contributed by atoms with van der Waals surface area (Å²) in [5.41, 5.74) is 2.22. The predicted molar refractivity (Wildman–Crippen MR) is 124 cm³/mol. The van der Waals surface area contributed by atoms with Crippen LogP contribution in [0.15, 0.2) is 52.3 Å². The molecule has 2 aromatic rings. The Balaban J connectivity index is 0.00000272. The Bertz CT molecular complexity index is 937. The summed E-state index contributed by atoms with van der Waals surface area (Å²) in [5.74, 6) is 0.0182. The van der Waals surface area contributed by atoms with Crippen molar-refractivity contribution in [2.45, 2.75) is 35.6 Å². The Morgan fingerprint density at radius 1 is 1.23 bits per heavy atom. The number of amides is 2. The Hall–Kier alpha value is -2.26. The third kappa shape index (κ3) is 5.51. The van der Waals surface area contributed by atoms with Crippen molar-refractivity contribution in [3.63, 3.8) is 0 Å². The maximum atomic E-state index is 13.3. The number of carbonyl (C=O) groups excluding carboxylic acids is 2. The molecular formula is C22H26ClN3O4S. The largest absolute Gasteiger partial charge is 0.450 e. The molecule has 2 aliphatic heterocycles. The van der Waals surface area contributed by atoms with Gasteiger partial charge in [-0.15, -0.1) is 12.4 Å². The van der Waals surface area contributed by atoms with E-state index in [1.54, 1.807) is 23.6 Å². The molecule has 9 heteroatoms. The Morgan fingerprint density at radius 2 is 2.03 bits per heavy atom. The smallest absolute Gasteiger partial charge is 0.411 e. The lowest BCUT2D eigenvalue weighted by Gasteiger charge is -2.32. The summed E-state index contributed by atoms with van der Waals surface area (Å²) in [4.78, 5) is 28.9. The molecule has 1 fully saturated rings. The fraction of sp³-hybridized carbons (Fsp3) is 0.364. The molecule has 2 aromatic carbocycles. The van der Waals surface area contributed by atoms with E-state index in [1.807, 2.05) is 42.5 Å². The van der Waals surface area contributed by atoms with E-state index in [9.17, 15) is 9.59 Å². The first-order chi connectivity index (χ1) is 14.7. The summed E-state index contributed by atoms with van der Waals surface area (Å²) >= 11 is 1.62. The van der Waals surface area contributed by atoms with Crippen molar-refractivity contribution in [1.82, 2.24) is 5.32 Å². The number of fused-ring (bicyclic) bond motifs is 2. The molecule has 2 heterocycles. The van der Waals surface area contributed by atoms with Crippen LogP contribution in [0.25, 0.3) is 0 Å². The normalized spacial score (nSPS) is 17.1. The zero-order valence-corrected chi connectivity index (χ0v) is 18.9. The number of ether oxygens (including phenoxy) is 2. The zero-order chi connectivity index (χ0) is 20.9. The number of benzene rings is 2. The van der Waals surface area contributed by atoms with Crippen LogP contribution in [0.5, 0.6) is 0 Å². The maximum Gasteiger partial charge on any atom is 0.411 e. The quantitative estimate of drug-likeness (QED) is 0.675. The van der Waals surface area contributed by atoms with Crippen LogP contribution < -0.4 is 15.5 Å². The maximum absolute atomic E-state index is 13.3.